The van der Waals surface area contributed by atoms with E-state index in [0.29, 0.717) is 6.10 Å². The summed E-state index contributed by atoms with van der Waals surface area (Å²) in [5.41, 5.74) is 0.0823. The smallest absolute Gasteiger partial charge is 0.0780 e. The van der Waals surface area contributed by atoms with Crippen molar-refractivity contribution in [2.75, 3.05) is 13.1 Å². The van der Waals surface area contributed by atoms with Crippen LogP contribution in [0.3, 0.4) is 0 Å². The van der Waals surface area contributed by atoms with Gasteiger partial charge in [-0.05, 0) is 19.8 Å². The summed E-state index contributed by atoms with van der Waals surface area (Å²) in [5.74, 6) is 0. The van der Waals surface area contributed by atoms with Gasteiger partial charge in [0.15, 0.2) is 0 Å². The van der Waals surface area contributed by atoms with Crippen molar-refractivity contribution in [2.24, 2.45) is 0 Å². The van der Waals surface area contributed by atoms with E-state index in [9.17, 15) is 0 Å². The molecule has 1 saturated heterocycles. The minimum atomic E-state index is 0.0823. The fourth-order valence-corrected chi connectivity index (χ4v) is 1.42. The van der Waals surface area contributed by atoms with Crippen LogP contribution in [0.25, 0.3) is 0 Å². The second-order valence-electron chi connectivity index (χ2n) is 3.58. The third-order valence-corrected chi connectivity index (χ3v) is 2.53. The van der Waals surface area contributed by atoms with Gasteiger partial charge in [-0.3, -0.25) is 0 Å². The Bertz CT molecular complexity index is 127. The lowest BCUT2D eigenvalue weighted by molar-refractivity contribution is -0.107. The van der Waals surface area contributed by atoms with Crippen molar-refractivity contribution in [3.8, 4) is 0 Å². The van der Waals surface area contributed by atoms with E-state index in [0.717, 1.165) is 25.9 Å². The number of nitrogens with one attached hydrogen (secondary N) is 1. The van der Waals surface area contributed by atoms with Gasteiger partial charge in [0.25, 0.3) is 0 Å². The van der Waals surface area contributed by atoms with Crippen molar-refractivity contribution >= 4 is 0 Å². The molecule has 1 rings (SSSR count). The first-order valence-electron chi connectivity index (χ1n) is 4.58. The third-order valence-electron chi connectivity index (χ3n) is 2.53. The number of ether oxygens (including phenoxy) is 1. The molecule has 0 saturated carbocycles. The average molecular weight is 157 g/mol. The zero-order valence-corrected chi connectivity index (χ0v) is 7.81. The van der Waals surface area contributed by atoms with E-state index in [1.165, 1.54) is 0 Å². The molecular weight excluding hydrogens is 138 g/mol. The van der Waals surface area contributed by atoms with Gasteiger partial charge in [0, 0.05) is 13.1 Å². The van der Waals surface area contributed by atoms with Crippen LogP contribution in [0.1, 0.15) is 33.6 Å². The quantitative estimate of drug-likeness (QED) is 0.656. The van der Waals surface area contributed by atoms with Crippen molar-refractivity contribution in [1.29, 1.82) is 0 Å². The molecule has 0 spiro atoms. The largest absolute Gasteiger partial charge is 0.369 e. The van der Waals surface area contributed by atoms with Gasteiger partial charge in [0.05, 0.1) is 11.7 Å². The maximum Gasteiger partial charge on any atom is 0.0780 e. The molecule has 0 aliphatic carbocycles. The summed E-state index contributed by atoms with van der Waals surface area (Å²) >= 11 is 0. The highest BCUT2D eigenvalue weighted by molar-refractivity contribution is 4.83. The molecule has 1 N–H and O–H groups in total. The minimum Gasteiger partial charge on any atom is -0.369 e. The minimum absolute atomic E-state index is 0.0823. The van der Waals surface area contributed by atoms with Crippen LogP contribution in [0.15, 0.2) is 0 Å². The highest BCUT2D eigenvalue weighted by atomic mass is 16.5. The third kappa shape index (κ3) is 2.17. The summed E-state index contributed by atoms with van der Waals surface area (Å²) in [6.45, 7) is 8.56. The molecule has 0 bridgehead atoms. The second-order valence-corrected chi connectivity index (χ2v) is 3.58. The topological polar surface area (TPSA) is 21.3 Å². The molecule has 0 aromatic carbocycles. The van der Waals surface area contributed by atoms with Gasteiger partial charge in [0.1, 0.15) is 0 Å². The molecule has 1 aliphatic heterocycles. The Kier molecular flexibility index (Phi) is 2.90. The monoisotopic (exact) mass is 157 g/mol. The average Bonchev–Trinajstić information content (AvgIpc) is 2.05. The van der Waals surface area contributed by atoms with E-state index in [4.69, 9.17) is 4.74 Å². The summed E-state index contributed by atoms with van der Waals surface area (Å²) in [6, 6.07) is 0. The van der Waals surface area contributed by atoms with Crippen LogP contribution in [0.4, 0.5) is 0 Å². The summed E-state index contributed by atoms with van der Waals surface area (Å²) in [4.78, 5) is 0. The van der Waals surface area contributed by atoms with Crippen LogP contribution >= 0.6 is 0 Å². The van der Waals surface area contributed by atoms with Gasteiger partial charge in [0.2, 0.25) is 0 Å². The van der Waals surface area contributed by atoms with Crippen LogP contribution in [-0.2, 0) is 4.74 Å². The molecule has 2 atom stereocenters. The standard InChI is InChI=1S/C9H19NO/c1-4-8-6-10-7-9(3,5-2)11-8/h8,10H,4-7H2,1-3H3. The molecule has 2 nitrogen and oxygen atoms in total. The van der Waals surface area contributed by atoms with Gasteiger partial charge in [-0.2, -0.15) is 0 Å². The first-order chi connectivity index (χ1) is 5.20. The summed E-state index contributed by atoms with van der Waals surface area (Å²) in [6.07, 6.45) is 2.63. The van der Waals surface area contributed by atoms with Gasteiger partial charge in [-0.1, -0.05) is 13.8 Å². The van der Waals surface area contributed by atoms with Crippen molar-refractivity contribution < 1.29 is 4.74 Å². The Hall–Kier alpha value is -0.0800. The van der Waals surface area contributed by atoms with Crippen molar-refractivity contribution in [3.05, 3.63) is 0 Å². The van der Waals surface area contributed by atoms with E-state index < -0.39 is 0 Å². The van der Waals surface area contributed by atoms with Crippen molar-refractivity contribution in [1.82, 2.24) is 5.32 Å². The fraction of sp³-hybridized carbons (Fsp3) is 1.00. The molecule has 2 unspecified atom stereocenters. The van der Waals surface area contributed by atoms with Gasteiger partial charge in [-0.25, -0.2) is 0 Å². The normalized spacial score (nSPS) is 39.0. The Morgan fingerprint density at radius 3 is 2.82 bits per heavy atom. The van der Waals surface area contributed by atoms with E-state index in [2.05, 4.69) is 26.1 Å². The lowest BCUT2D eigenvalue weighted by atomic mass is 10.0. The predicted octanol–water partition coefficient (Wildman–Crippen LogP) is 1.55. The van der Waals surface area contributed by atoms with E-state index in [1.807, 2.05) is 0 Å². The lowest BCUT2D eigenvalue weighted by Crippen LogP contribution is -2.51. The Morgan fingerprint density at radius 2 is 2.27 bits per heavy atom. The summed E-state index contributed by atoms with van der Waals surface area (Å²) in [7, 11) is 0. The summed E-state index contributed by atoms with van der Waals surface area (Å²) in [5, 5.41) is 3.40. The van der Waals surface area contributed by atoms with Gasteiger partial charge < -0.3 is 10.1 Å². The van der Waals surface area contributed by atoms with Crippen LogP contribution in [0.5, 0.6) is 0 Å². The molecule has 1 aliphatic rings. The van der Waals surface area contributed by atoms with E-state index >= 15 is 0 Å². The van der Waals surface area contributed by atoms with Crippen molar-refractivity contribution in [3.63, 3.8) is 0 Å². The number of hydrogen-bond acceptors (Lipinski definition) is 2. The maximum atomic E-state index is 5.91. The van der Waals surface area contributed by atoms with Crippen LogP contribution in [-0.4, -0.2) is 24.8 Å². The first-order valence-corrected chi connectivity index (χ1v) is 4.58. The van der Waals surface area contributed by atoms with Crippen LogP contribution in [0.2, 0.25) is 0 Å². The SMILES string of the molecule is CCC1CNCC(C)(CC)O1. The van der Waals surface area contributed by atoms with Gasteiger partial charge in [-0.15, -0.1) is 0 Å². The van der Waals surface area contributed by atoms with Crippen LogP contribution in [0, 0.1) is 0 Å². The summed E-state index contributed by atoms with van der Waals surface area (Å²) < 4.78 is 5.91. The van der Waals surface area contributed by atoms with Gasteiger partial charge >= 0.3 is 0 Å². The Balaban J connectivity index is 2.44. The number of hydrogen-bond donors (Lipinski definition) is 1. The zero-order valence-electron chi connectivity index (χ0n) is 7.81. The number of rotatable bonds is 2. The molecule has 11 heavy (non-hydrogen) atoms. The fourth-order valence-electron chi connectivity index (χ4n) is 1.42. The maximum absolute atomic E-state index is 5.91. The molecular formula is C9H19NO. The first kappa shape index (κ1) is 9.01. The molecule has 0 aromatic rings. The number of morpholine rings is 1. The molecule has 0 aromatic heterocycles. The lowest BCUT2D eigenvalue weighted by Gasteiger charge is -2.38. The zero-order chi connectivity index (χ0) is 8.32. The predicted molar refractivity (Wildman–Crippen MR) is 46.7 cm³/mol. The molecule has 66 valence electrons. The second kappa shape index (κ2) is 3.55. The molecule has 0 radical (unpaired) electrons. The molecule has 1 heterocycles. The Labute approximate surface area is 69.3 Å². The molecule has 0 amide bonds. The highest BCUT2D eigenvalue weighted by Crippen LogP contribution is 2.20. The van der Waals surface area contributed by atoms with Crippen LogP contribution < -0.4 is 5.32 Å². The molecule has 1 fully saturated rings. The van der Waals surface area contributed by atoms with Crippen molar-refractivity contribution in [2.45, 2.75) is 45.3 Å². The van der Waals surface area contributed by atoms with E-state index in [1.54, 1.807) is 0 Å². The van der Waals surface area contributed by atoms with E-state index in [-0.39, 0.29) is 5.60 Å². The highest BCUT2D eigenvalue weighted by Gasteiger charge is 2.29. The molecule has 2 heteroatoms. The Morgan fingerprint density at radius 1 is 1.55 bits per heavy atom.